The van der Waals surface area contributed by atoms with Crippen LogP contribution in [0, 0.1) is 0 Å². The van der Waals surface area contributed by atoms with Crippen LogP contribution in [-0.4, -0.2) is 22.0 Å². The van der Waals surface area contributed by atoms with Gasteiger partial charge in [-0.1, -0.05) is 17.7 Å². The molecule has 0 bridgehead atoms. The molecule has 2 rings (SSSR count). The number of rotatable bonds is 3. The Bertz CT molecular complexity index is 632. The standard InChI is InChI=1S/C12H10ClNO4/c1-6(15)18-9-5-14-8-3-2-7(4-10(16)17)12(13)11(8)9/h2-3,5,14H,4H2,1H3,(H,16,17). The summed E-state index contributed by atoms with van der Waals surface area (Å²) >= 11 is 6.14. The molecule has 0 aliphatic carbocycles. The molecular weight excluding hydrogens is 258 g/mol. The molecule has 0 fully saturated rings. The Hall–Kier alpha value is -2.01. The highest BCUT2D eigenvalue weighted by atomic mass is 35.5. The molecule has 0 spiro atoms. The minimum atomic E-state index is -0.971. The molecular formula is C12H10ClNO4. The van der Waals surface area contributed by atoms with Gasteiger partial charge >= 0.3 is 11.9 Å². The first-order chi connectivity index (χ1) is 8.49. The molecule has 1 aromatic heterocycles. The highest BCUT2D eigenvalue weighted by Crippen LogP contribution is 2.34. The molecule has 1 heterocycles. The van der Waals surface area contributed by atoms with Crippen molar-refractivity contribution in [3.05, 3.63) is 28.9 Å². The monoisotopic (exact) mass is 267 g/mol. The predicted octanol–water partition coefficient (Wildman–Crippen LogP) is 2.37. The van der Waals surface area contributed by atoms with Crippen LogP contribution in [0.25, 0.3) is 10.9 Å². The number of H-pyrrole nitrogens is 1. The van der Waals surface area contributed by atoms with Crippen molar-refractivity contribution in [2.75, 3.05) is 0 Å². The fourth-order valence-corrected chi connectivity index (χ4v) is 2.06. The Morgan fingerprint density at radius 2 is 2.17 bits per heavy atom. The molecule has 0 aliphatic heterocycles. The highest BCUT2D eigenvalue weighted by molar-refractivity contribution is 6.37. The molecule has 1 aromatic carbocycles. The van der Waals surface area contributed by atoms with E-state index in [1.165, 1.54) is 13.1 Å². The molecule has 0 aliphatic rings. The maximum atomic E-state index is 11.0. The number of aromatic nitrogens is 1. The first-order valence-corrected chi connectivity index (χ1v) is 5.55. The van der Waals surface area contributed by atoms with Crippen LogP contribution in [0.2, 0.25) is 5.02 Å². The smallest absolute Gasteiger partial charge is 0.308 e. The lowest BCUT2D eigenvalue weighted by Crippen LogP contribution is -2.02. The third-order valence-electron chi connectivity index (χ3n) is 2.42. The number of ether oxygens (including phenoxy) is 1. The van der Waals surface area contributed by atoms with Crippen LogP contribution >= 0.6 is 11.6 Å². The van der Waals surface area contributed by atoms with Crippen molar-refractivity contribution in [1.29, 1.82) is 0 Å². The normalized spacial score (nSPS) is 10.6. The maximum Gasteiger partial charge on any atom is 0.308 e. The van der Waals surface area contributed by atoms with Gasteiger partial charge in [0.2, 0.25) is 0 Å². The number of carbonyl (C=O) groups excluding carboxylic acids is 1. The number of benzene rings is 1. The van der Waals surface area contributed by atoms with Crippen LogP contribution in [0.3, 0.4) is 0 Å². The maximum absolute atomic E-state index is 11.0. The van der Waals surface area contributed by atoms with Crippen molar-refractivity contribution >= 4 is 34.4 Å². The summed E-state index contributed by atoms with van der Waals surface area (Å²) in [6.07, 6.45) is 1.34. The number of hydrogen-bond acceptors (Lipinski definition) is 3. The van der Waals surface area contributed by atoms with Gasteiger partial charge in [0.05, 0.1) is 22.3 Å². The van der Waals surface area contributed by atoms with Gasteiger partial charge in [-0.2, -0.15) is 0 Å². The molecule has 0 unspecified atom stereocenters. The lowest BCUT2D eigenvalue weighted by Gasteiger charge is -2.05. The Morgan fingerprint density at radius 3 is 2.78 bits per heavy atom. The molecule has 0 saturated heterocycles. The predicted molar refractivity (Wildman–Crippen MR) is 66.0 cm³/mol. The summed E-state index contributed by atoms with van der Waals surface area (Å²) in [5, 5.41) is 9.58. The van der Waals surface area contributed by atoms with Gasteiger partial charge < -0.3 is 14.8 Å². The van der Waals surface area contributed by atoms with Gasteiger partial charge in [-0.15, -0.1) is 0 Å². The van der Waals surface area contributed by atoms with E-state index in [-0.39, 0.29) is 11.4 Å². The number of hydrogen-bond donors (Lipinski definition) is 2. The van der Waals surface area contributed by atoms with Crippen molar-refractivity contribution in [3.8, 4) is 5.75 Å². The topological polar surface area (TPSA) is 79.4 Å². The van der Waals surface area contributed by atoms with Crippen molar-refractivity contribution in [3.63, 3.8) is 0 Å². The number of esters is 1. The van der Waals surface area contributed by atoms with E-state index >= 15 is 0 Å². The number of fused-ring (bicyclic) bond motifs is 1. The zero-order valence-electron chi connectivity index (χ0n) is 9.49. The summed E-state index contributed by atoms with van der Waals surface area (Å²) in [7, 11) is 0. The molecule has 0 radical (unpaired) electrons. The molecule has 2 N–H and O–H groups in total. The van der Waals surface area contributed by atoms with E-state index in [4.69, 9.17) is 21.4 Å². The van der Waals surface area contributed by atoms with E-state index < -0.39 is 11.9 Å². The average molecular weight is 268 g/mol. The molecule has 0 saturated carbocycles. The van der Waals surface area contributed by atoms with Gasteiger partial charge in [0.25, 0.3) is 0 Å². The molecule has 0 amide bonds. The van der Waals surface area contributed by atoms with Gasteiger partial charge in [-0.05, 0) is 11.6 Å². The van der Waals surface area contributed by atoms with Gasteiger partial charge in [0.1, 0.15) is 0 Å². The second-order valence-electron chi connectivity index (χ2n) is 3.78. The van der Waals surface area contributed by atoms with E-state index in [0.717, 1.165) is 0 Å². The number of carbonyl (C=O) groups is 2. The number of aromatic amines is 1. The molecule has 94 valence electrons. The SMILES string of the molecule is CC(=O)Oc1c[nH]c2ccc(CC(=O)O)c(Cl)c12. The van der Waals surface area contributed by atoms with Gasteiger partial charge in [0.15, 0.2) is 5.75 Å². The third-order valence-corrected chi connectivity index (χ3v) is 2.85. The van der Waals surface area contributed by atoms with Crippen LogP contribution in [-0.2, 0) is 16.0 Å². The molecule has 2 aromatic rings. The largest absolute Gasteiger partial charge is 0.481 e. The molecule has 6 heteroatoms. The lowest BCUT2D eigenvalue weighted by molar-refractivity contribution is -0.136. The van der Waals surface area contributed by atoms with E-state index in [9.17, 15) is 9.59 Å². The van der Waals surface area contributed by atoms with E-state index in [1.54, 1.807) is 12.1 Å². The summed E-state index contributed by atoms with van der Waals surface area (Å²) in [5.74, 6) is -1.13. The van der Waals surface area contributed by atoms with E-state index in [0.29, 0.717) is 22.2 Å². The van der Waals surface area contributed by atoms with Crippen LogP contribution in [0.5, 0.6) is 5.75 Å². The third kappa shape index (κ3) is 2.31. The summed E-state index contributed by atoms with van der Waals surface area (Å²) in [5.41, 5.74) is 1.16. The lowest BCUT2D eigenvalue weighted by atomic mass is 10.1. The minimum absolute atomic E-state index is 0.181. The van der Waals surface area contributed by atoms with Crippen molar-refractivity contribution < 1.29 is 19.4 Å². The number of aliphatic carboxylic acids is 1. The Balaban J connectivity index is 2.56. The summed E-state index contributed by atoms with van der Waals surface area (Å²) < 4.78 is 5.01. The number of carboxylic acid groups (broad SMARTS) is 1. The van der Waals surface area contributed by atoms with Gasteiger partial charge in [-0.25, -0.2) is 0 Å². The van der Waals surface area contributed by atoms with Crippen molar-refractivity contribution in [2.45, 2.75) is 13.3 Å². The minimum Gasteiger partial charge on any atom is -0.481 e. The Kier molecular flexibility index (Phi) is 3.25. The van der Waals surface area contributed by atoms with Gasteiger partial charge in [-0.3, -0.25) is 9.59 Å². The van der Waals surface area contributed by atoms with E-state index in [1.807, 2.05) is 0 Å². The van der Waals surface area contributed by atoms with E-state index in [2.05, 4.69) is 4.98 Å². The zero-order chi connectivity index (χ0) is 13.3. The second kappa shape index (κ2) is 4.70. The molecule has 5 nitrogen and oxygen atoms in total. The van der Waals surface area contributed by atoms with Crippen LogP contribution in [0.1, 0.15) is 12.5 Å². The van der Waals surface area contributed by atoms with Crippen LogP contribution < -0.4 is 4.74 Å². The first kappa shape index (κ1) is 12.4. The fourth-order valence-electron chi connectivity index (χ4n) is 1.73. The quantitative estimate of drug-likeness (QED) is 0.837. The zero-order valence-corrected chi connectivity index (χ0v) is 10.2. The van der Waals surface area contributed by atoms with Crippen LogP contribution in [0.4, 0.5) is 0 Å². The fraction of sp³-hybridized carbons (Fsp3) is 0.167. The number of halogens is 1. The van der Waals surface area contributed by atoms with Gasteiger partial charge in [0, 0.05) is 13.1 Å². The Morgan fingerprint density at radius 1 is 1.44 bits per heavy atom. The second-order valence-corrected chi connectivity index (χ2v) is 4.16. The summed E-state index contributed by atoms with van der Waals surface area (Å²) in [4.78, 5) is 24.6. The summed E-state index contributed by atoms with van der Waals surface area (Å²) in [6, 6.07) is 3.33. The Labute approximate surface area is 107 Å². The summed E-state index contributed by atoms with van der Waals surface area (Å²) in [6.45, 7) is 1.29. The number of nitrogens with one attached hydrogen (secondary N) is 1. The first-order valence-electron chi connectivity index (χ1n) is 5.17. The molecule has 0 atom stereocenters. The van der Waals surface area contributed by atoms with Crippen molar-refractivity contribution in [1.82, 2.24) is 4.98 Å². The average Bonchev–Trinajstić information content (AvgIpc) is 2.65. The number of carboxylic acids is 1. The molecule has 18 heavy (non-hydrogen) atoms. The highest BCUT2D eigenvalue weighted by Gasteiger charge is 2.15. The van der Waals surface area contributed by atoms with Crippen LogP contribution in [0.15, 0.2) is 18.3 Å². The van der Waals surface area contributed by atoms with Crippen molar-refractivity contribution in [2.24, 2.45) is 0 Å².